The number of amides is 1. The molecule has 1 aromatic carbocycles. The molecule has 2 rings (SSSR count). The van der Waals surface area contributed by atoms with Crippen molar-refractivity contribution in [3.05, 3.63) is 47.4 Å². The molecule has 17 heavy (non-hydrogen) atoms. The van der Waals surface area contributed by atoms with Crippen molar-refractivity contribution in [1.29, 1.82) is 0 Å². The molecule has 2 aromatic rings. The monoisotopic (exact) mass is 232 g/mol. The molecule has 88 valence electrons. The Bertz CT molecular complexity index is 570. The molecule has 4 heteroatoms. The molecule has 3 nitrogen and oxygen atoms in total. The lowest BCUT2D eigenvalue weighted by Crippen LogP contribution is -2.11. The first-order valence-electron chi connectivity index (χ1n) is 5.22. The Labute approximate surface area is 98.7 Å². The van der Waals surface area contributed by atoms with Crippen LogP contribution in [-0.4, -0.2) is 10.5 Å². The molecule has 0 unspecified atom stereocenters. The van der Waals surface area contributed by atoms with Gasteiger partial charge in [0, 0.05) is 18.4 Å². The summed E-state index contributed by atoms with van der Waals surface area (Å²) in [5, 5.41) is 0. The lowest BCUT2D eigenvalue weighted by atomic mass is 10.1. The first-order chi connectivity index (χ1) is 8.00. The van der Waals surface area contributed by atoms with Gasteiger partial charge in [0.2, 0.25) is 0 Å². The zero-order valence-electron chi connectivity index (χ0n) is 9.70. The Kier molecular flexibility index (Phi) is 2.71. The van der Waals surface area contributed by atoms with Crippen molar-refractivity contribution < 1.29 is 9.18 Å². The lowest BCUT2D eigenvalue weighted by Gasteiger charge is -2.04. The third-order valence-electron chi connectivity index (χ3n) is 2.94. The number of nitrogens with two attached hydrogens (primary N) is 1. The maximum absolute atomic E-state index is 12.8. The minimum absolute atomic E-state index is 0.283. The summed E-state index contributed by atoms with van der Waals surface area (Å²) in [5.41, 5.74) is 8.28. The van der Waals surface area contributed by atoms with Crippen LogP contribution in [0.3, 0.4) is 0 Å². The average Bonchev–Trinajstić information content (AvgIpc) is 2.58. The van der Waals surface area contributed by atoms with E-state index in [0.29, 0.717) is 5.56 Å². The van der Waals surface area contributed by atoms with Gasteiger partial charge in [0.25, 0.3) is 5.91 Å². The van der Waals surface area contributed by atoms with Crippen LogP contribution in [0.2, 0.25) is 0 Å². The highest BCUT2D eigenvalue weighted by Gasteiger charge is 2.14. The van der Waals surface area contributed by atoms with E-state index in [4.69, 9.17) is 5.73 Å². The van der Waals surface area contributed by atoms with Crippen molar-refractivity contribution in [3.8, 4) is 11.3 Å². The van der Waals surface area contributed by atoms with Crippen molar-refractivity contribution in [2.24, 2.45) is 12.8 Å². The molecule has 1 amide bonds. The number of carbonyl (C=O) groups excluding carboxylic acids is 1. The van der Waals surface area contributed by atoms with E-state index in [1.54, 1.807) is 18.2 Å². The molecule has 1 heterocycles. The second kappa shape index (κ2) is 4.05. The average molecular weight is 232 g/mol. The smallest absolute Gasteiger partial charge is 0.250 e. The summed E-state index contributed by atoms with van der Waals surface area (Å²) in [6.45, 7) is 1.83. The number of hydrogen-bond donors (Lipinski definition) is 1. The summed E-state index contributed by atoms with van der Waals surface area (Å²) < 4.78 is 14.7. The molecule has 1 aromatic heterocycles. The SMILES string of the molecule is Cc1c(C(N)=O)cc(-c2ccc(F)cc2)n1C. The summed E-state index contributed by atoms with van der Waals surface area (Å²) in [6.07, 6.45) is 0. The number of primary amides is 1. The number of nitrogens with zero attached hydrogens (tertiary/aromatic N) is 1. The Hall–Kier alpha value is -2.10. The van der Waals surface area contributed by atoms with E-state index in [0.717, 1.165) is 17.0 Å². The van der Waals surface area contributed by atoms with E-state index >= 15 is 0 Å². The predicted molar refractivity (Wildman–Crippen MR) is 64.1 cm³/mol. The summed E-state index contributed by atoms with van der Waals surface area (Å²) in [7, 11) is 1.85. The van der Waals surface area contributed by atoms with Gasteiger partial charge in [-0.2, -0.15) is 0 Å². The standard InChI is InChI=1S/C13H13FN2O/c1-8-11(13(15)17)7-12(16(8)2)9-3-5-10(14)6-4-9/h3-7H,1-2H3,(H2,15,17). The van der Waals surface area contributed by atoms with Crippen LogP contribution in [0.15, 0.2) is 30.3 Å². The van der Waals surface area contributed by atoms with E-state index in [1.165, 1.54) is 12.1 Å². The first kappa shape index (κ1) is 11.4. The van der Waals surface area contributed by atoms with Crippen molar-refractivity contribution in [1.82, 2.24) is 4.57 Å². The molecule has 0 aliphatic heterocycles. The van der Waals surface area contributed by atoms with Crippen molar-refractivity contribution >= 4 is 5.91 Å². The maximum Gasteiger partial charge on any atom is 0.250 e. The highest BCUT2D eigenvalue weighted by molar-refractivity contribution is 5.95. The van der Waals surface area contributed by atoms with Crippen LogP contribution < -0.4 is 5.73 Å². The number of aromatic nitrogens is 1. The molecule has 0 aliphatic rings. The van der Waals surface area contributed by atoms with Crippen LogP contribution in [0.25, 0.3) is 11.3 Å². The first-order valence-corrected chi connectivity index (χ1v) is 5.22. The van der Waals surface area contributed by atoms with E-state index in [2.05, 4.69) is 0 Å². The summed E-state index contributed by atoms with van der Waals surface area (Å²) in [4.78, 5) is 11.2. The van der Waals surface area contributed by atoms with Gasteiger partial charge in [-0.05, 0) is 42.8 Å². The van der Waals surface area contributed by atoms with Crippen LogP contribution in [0.1, 0.15) is 16.1 Å². The van der Waals surface area contributed by atoms with Crippen LogP contribution in [0.4, 0.5) is 4.39 Å². The van der Waals surface area contributed by atoms with Crippen LogP contribution in [-0.2, 0) is 7.05 Å². The zero-order chi connectivity index (χ0) is 12.6. The van der Waals surface area contributed by atoms with E-state index in [-0.39, 0.29) is 5.82 Å². The number of carbonyl (C=O) groups is 1. The highest BCUT2D eigenvalue weighted by atomic mass is 19.1. The second-order valence-electron chi connectivity index (χ2n) is 3.96. The number of rotatable bonds is 2. The molecule has 0 atom stereocenters. The van der Waals surface area contributed by atoms with Gasteiger partial charge < -0.3 is 10.3 Å². The molecule has 2 N–H and O–H groups in total. The van der Waals surface area contributed by atoms with Gasteiger partial charge in [0.15, 0.2) is 0 Å². The van der Waals surface area contributed by atoms with E-state index in [9.17, 15) is 9.18 Å². The van der Waals surface area contributed by atoms with Gasteiger partial charge in [-0.1, -0.05) is 0 Å². The fraction of sp³-hybridized carbons (Fsp3) is 0.154. The highest BCUT2D eigenvalue weighted by Crippen LogP contribution is 2.24. The zero-order valence-corrected chi connectivity index (χ0v) is 9.70. The van der Waals surface area contributed by atoms with E-state index < -0.39 is 5.91 Å². The minimum atomic E-state index is -0.452. The molecular weight excluding hydrogens is 219 g/mol. The second-order valence-corrected chi connectivity index (χ2v) is 3.96. The fourth-order valence-electron chi connectivity index (χ4n) is 1.85. The van der Waals surface area contributed by atoms with Crippen molar-refractivity contribution in [2.75, 3.05) is 0 Å². The van der Waals surface area contributed by atoms with E-state index in [1.807, 2.05) is 18.5 Å². The van der Waals surface area contributed by atoms with Gasteiger partial charge in [-0.25, -0.2) is 4.39 Å². The molecule has 0 saturated heterocycles. The number of hydrogen-bond acceptors (Lipinski definition) is 1. The molecule has 0 bridgehead atoms. The third kappa shape index (κ3) is 1.93. The Morgan fingerprint density at radius 1 is 1.29 bits per heavy atom. The minimum Gasteiger partial charge on any atom is -0.366 e. The lowest BCUT2D eigenvalue weighted by molar-refractivity contribution is 0.0999. The maximum atomic E-state index is 12.8. The molecule has 0 aliphatic carbocycles. The normalized spacial score (nSPS) is 10.5. The summed E-state index contributed by atoms with van der Waals surface area (Å²) in [6, 6.07) is 7.86. The van der Waals surface area contributed by atoms with Crippen LogP contribution in [0.5, 0.6) is 0 Å². The fourth-order valence-corrected chi connectivity index (χ4v) is 1.85. The van der Waals surface area contributed by atoms with Crippen LogP contribution in [0, 0.1) is 12.7 Å². The number of halogens is 1. The molecule has 0 saturated carbocycles. The third-order valence-corrected chi connectivity index (χ3v) is 2.94. The Balaban J connectivity index is 2.56. The van der Waals surface area contributed by atoms with Gasteiger partial charge in [-0.3, -0.25) is 4.79 Å². The molecule has 0 fully saturated rings. The van der Waals surface area contributed by atoms with Crippen molar-refractivity contribution in [3.63, 3.8) is 0 Å². The summed E-state index contributed by atoms with van der Waals surface area (Å²) in [5.74, 6) is -0.735. The molecule has 0 radical (unpaired) electrons. The topological polar surface area (TPSA) is 48.0 Å². The van der Waals surface area contributed by atoms with Gasteiger partial charge in [-0.15, -0.1) is 0 Å². The Morgan fingerprint density at radius 3 is 2.35 bits per heavy atom. The van der Waals surface area contributed by atoms with Crippen LogP contribution >= 0.6 is 0 Å². The van der Waals surface area contributed by atoms with Gasteiger partial charge in [0.05, 0.1) is 5.56 Å². The summed E-state index contributed by atoms with van der Waals surface area (Å²) >= 11 is 0. The largest absolute Gasteiger partial charge is 0.366 e. The Morgan fingerprint density at radius 2 is 1.88 bits per heavy atom. The van der Waals surface area contributed by atoms with Gasteiger partial charge in [0.1, 0.15) is 5.82 Å². The molecular formula is C13H13FN2O. The molecule has 0 spiro atoms. The van der Waals surface area contributed by atoms with Crippen molar-refractivity contribution in [2.45, 2.75) is 6.92 Å². The van der Waals surface area contributed by atoms with Gasteiger partial charge >= 0.3 is 0 Å². The quantitative estimate of drug-likeness (QED) is 0.848. The number of benzene rings is 1. The predicted octanol–water partition coefficient (Wildman–Crippen LogP) is 2.24.